The fourth-order valence-corrected chi connectivity index (χ4v) is 5.46. The average Bonchev–Trinajstić information content (AvgIpc) is 2.89. The van der Waals surface area contributed by atoms with E-state index in [9.17, 15) is 18.0 Å². The van der Waals surface area contributed by atoms with Gasteiger partial charge in [-0.15, -0.1) is 0 Å². The van der Waals surface area contributed by atoms with Crippen LogP contribution in [0, 0.1) is 13.8 Å². The van der Waals surface area contributed by atoms with Crippen LogP contribution in [0.5, 0.6) is 5.75 Å². The molecule has 1 amide bonds. The summed E-state index contributed by atoms with van der Waals surface area (Å²) in [5, 5.41) is 3.15. The maximum atomic E-state index is 13.0. The first kappa shape index (κ1) is 27.3. The first-order valence-electron chi connectivity index (χ1n) is 13.0. The second-order valence-corrected chi connectivity index (χ2v) is 9.94. The Hall–Kier alpha value is -2.72. The zero-order valence-corrected chi connectivity index (χ0v) is 21.8. The van der Waals surface area contributed by atoms with Gasteiger partial charge in [-0.2, -0.15) is 13.2 Å². The first-order chi connectivity index (χ1) is 17.7. The molecular weight excluding hydrogens is 483 g/mol. The van der Waals surface area contributed by atoms with E-state index in [-0.39, 0.29) is 23.6 Å². The highest BCUT2D eigenvalue weighted by Gasteiger charge is 2.38. The third-order valence-corrected chi connectivity index (χ3v) is 7.60. The summed E-state index contributed by atoms with van der Waals surface area (Å²) in [6.07, 6.45) is 2.51. The molecule has 3 heterocycles. The lowest BCUT2D eigenvalue weighted by Gasteiger charge is -2.48. The molecule has 202 valence electrons. The predicted molar refractivity (Wildman–Crippen MR) is 135 cm³/mol. The third-order valence-electron chi connectivity index (χ3n) is 7.60. The molecule has 1 aromatic heterocycles. The summed E-state index contributed by atoms with van der Waals surface area (Å²) in [7, 11) is 1.95. The van der Waals surface area contributed by atoms with Crippen LogP contribution in [-0.2, 0) is 6.18 Å². The number of aromatic nitrogens is 2. The molecule has 37 heavy (non-hydrogen) atoms. The van der Waals surface area contributed by atoms with Gasteiger partial charge in [-0.25, -0.2) is 9.97 Å². The van der Waals surface area contributed by atoms with Crippen LogP contribution in [0.15, 0.2) is 24.5 Å². The van der Waals surface area contributed by atoms with Gasteiger partial charge in [0.05, 0.1) is 12.2 Å². The SMILES string of the molecule is CNCCCCOc1ccc([C@H]2CCC[C@H]3CN(C(=O)c4cnc(C(F)(F)F)nc4)CCN32)c(C)c1C. The highest BCUT2D eigenvalue weighted by Crippen LogP contribution is 2.39. The molecule has 2 saturated heterocycles. The van der Waals surface area contributed by atoms with Crippen molar-refractivity contribution in [3.8, 4) is 5.75 Å². The fraction of sp³-hybridized carbons (Fsp3) is 0.593. The molecule has 2 fully saturated rings. The number of piperazine rings is 1. The van der Waals surface area contributed by atoms with E-state index in [4.69, 9.17) is 4.74 Å². The summed E-state index contributed by atoms with van der Waals surface area (Å²) in [5.74, 6) is -0.620. The lowest BCUT2D eigenvalue weighted by Crippen LogP contribution is -2.57. The summed E-state index contributed by atoms with van der Waals surface area (Å²) in [4.78, 5) is 23.9. The molecule has 0 radical (unpaired) electrons. The van der Waals surface area contributed by atoms with Crippen molar-refractivity contribution in [2.45, 2.75) is 64.2 Å². The molecule has 0 spiro atoms. The number of hydrogen-bond acceptors (Lipinski definition) is 6. The number of carbonyl (C=O) groups excluding carboxylic acids is 1. The highest BCUT2D eigenvalue weighted by molar-refractivity contribution is 5.93. The molecule has 1 N–H and O–H groups in total. The van der Waals surface area contributed by atoms with Gasteiger partial charge in [0.25, 0.3) is 5.91 Å². The topological polar surface area (TPSA) is 70.6 Å². The number of benzene rings is 1. The monoisotopic (exact) mass is 519 g/mol. The van der Waals surface area contributed by atoms with Crippen LogP contribution in [0.3, 0.4) is 0 Å². The second kappa shape index (κ2) is 11.8. The summed E-state index contributed by atoms with van der Waals surface area (Å²) in [6, 6.07) is 4.75. The minimum Gasteiger partial charge on any atom is -0.493 e. The number of piperidine rings is 1. The van der Waals surface area contributed by atoms with Crippen LogP contribution >= 0.6 is 0 Å². The maximum Gasteiger partial charge on any atom is 0.451 e. The Morgan fingerprint density at radius 3 is 2.57 bits per heavy atom. The fourth-order valence-electron chi connectivity index (χ4n) is 5.46. The van der Waals surface area contributed by atoms with Crippen LogP contribution in [-0.4, -0.2) is 71.6 Å². The Morgan fingerprint density at radius 1 is 1.11 bits per heavy atom. The zero-order valence-electron chi connectivity index (χ0n) is 21.8. The summed E-state index contributed by atoms with van der Waals surface area (Å²) >= 11 is 0. The number of rotatable bonds is 8. The standard InChI is InChI=1S/C27H36F3N5O2/c1-18-19(2)24(37-14-5-4-11-31-3)10-9-22(18)23-8-6-7-21-17-34(12-13-35(21)23)25(36)20-15-32-26(33-16-20)27(28,29)30/h9-10,15-16,21,23,31H,4-8,11-14,17H2,1-3H3/t21-,23+/m0/s1. The number of amides is 1. The highest BCUT2D eigenvalue weighted by atomic mass is 19.4. The van der Waals surface area contributed by atoms with Gasteiger partial charge in [0.1, 0.15) is 5.75 Å². The van der Waals surface area contributed by atoms with E-state index in [2.05, 4.69) is 46.2 Å². The number of halogens is 3. The molecule has 2 aliphatic rings. The Labute approximate surface area is 216 Å². The molecule has 10 heteroatoms. The predicted octanol–water partition coefficient (Wildman–Crippen LogP) is 4.54. The van der Waals surface area contributed by atoms with E-state index in [1.165, 1.54) is 16.7 Å². The normalized spacial score (nSPS) is 20.5. The molecule has 2 aromatic rings. The van der Waals surface area contributed by atoms with Gasteiger partial charge >= 0.3 is 6.18 Å². The van der Waals surface area contributed by atoms with Gasteiger partial charge in [-0.3, -0.25) is 9.69 Å². The molecule has 2 aliphatic heterocycles. The van der Waals surface area contributed by atoms with E-state index in [1.54, 1.807) is 4.90 Å². The van der Waals surface area contributed by atoms with Gasteiger partial charge in [0.15, 0.2) is 0 Å². The van der Waals surface area contributed by atoms with Crippen molar-refractivity contribution in [3.63, 3.8) is 0 Å². The number of alkyl halides is 3. The molecular formula is C27H36F3N5O2. The second-order valence-electron chi connectivity index (χ2n) is 9.94. The van der Waals surface area contributed by atoms with Gasteiger partial charge < -0.3 is 15.0 Å². The minimum atomic E-state index is -4.63. The lowest BCUT2D eigenvalue weighted by atomic mass is 9.86. The summed E-state index contributed by atoms with van der Waals surface area (Å²) in [6.45, 7) is 7.73. The van der Waals surface area contributed by atoms with E-state index < -0.39 is 12.0 Å². The van der Waals surface area contributed by atoms with E-state index in [0.29, 0.717) is 26.2 Å². The largest absolute Gasteiger partial charge is 0.493 e. The summed E-state index contributed by atoms with van der Waals surface area (Å²) in [5.41, 5.74) is 3.81. The number of unbranched alkanes of at least 4 members (excludes halogenated alkanes) is 1. The molecule has 4 rings (SSSR count). The van der Waals surface area contributed by atoms with Gasteiger partial charge in [-0.1, -0.05) is 6.07 Å². The van der Waals surface area contributed by atoms with Crippen molar-refractivity contribution in [1.82, 2.24) is 25.1 Å². The molecule has 7 nitrogen and oxygen atoms in total. The van der Waals surface area contributed by atoms with Gasteiger partial charge in [0, 0.05) is 44.1 Å². The van der Waals surface area contributed by atoms with Gasteiger partial charge in [0.2, 0.25) is 5.82 Å². The number of fused-ring (bicyclic) bond motifs is 1. The molecule has 0 aliphatic carbocycles. The van der Waals surface area contributed by atoms with Crippen molar-refractivity contribution in [1.29, 1.82) is 0 Å². The van der Waals surface area contributed by atoms with Crippen molar-refractivity contribution in [2.24, 2.45) is 0 Å². The van der Waals surface area contributed by atoms with E-state index >= 15 is 0 Å². The van der Waals surface area contributed by atoms with Crippen molar-refractivity contribution in [3.05, 3.63) is 52.6 Å². The smallest absolute Gasteiger partial charge is 0.451 e. The van der Waals surface area contributed by atoms with Crippen LogP contribution in [0.4, 0.5) is 13.2 Å². The van der Waals surface area contributed by atoms with Crippen LogP contribution in [0.2, 0.25) is 0 Å². The number of nitrogens with one attached hydrogen (secondary N) is 1. The van der Waals surface area contributed by atoms with E-state index in [0.717, 1.165) is 56.8 Å². The van der Waals surface area contributed by atoms with Crippen LogP contribution < -0.4 is 10.1 Å². The molecule has 1 aromatic carbocycles. The summed E-state index contributed by atoms with van der Waals surface area (Å²) < 4.78 is 44.4. The number of hydrogen-bond donors (Lipinski definition) is 1. The lowest BCUT2D eigenvalue weighted by molar-refractivity contribution is -0.145. The number of nitrogens with zero attached hydrogens (tertiary/aromatic N) is 4. The third kappa shape index (κ3) is 6.23. The van der Waals surface area contributed by atoms with Crippen molar-refractivity contribution in [2.75, 3.05) is 39.8 Å². The van der Waals surface area contributed by atoms with Crippen molar-refractivity contribution >= 4 is 5.91 Å². The average molecular weight is 520 g/mol. The molecule has 0 saturated carbocycles. The molecule has 0 unspecified atom stereocenters. The Bertz CT molecular complexity index is 1080. The maximum absolute atomic E-state index is 13.0. The van der Waals surface area contributed by atoms with E-state index in [1.807, 2.05) is 7.05 Å². The Kier molecular flexibility index (Phi) is 8.69. The Morgan fingerprint density at radius 2 is 1.86 bits per heavy atom. The molecule has 2 atom stereocenters. The Balaban J connectivity index is 1.41. The first-order valence-corrected chi connectivity index (χ1v) is 13.0. The molecule has 0 bridgehead atoms. The number of carbonyl (C=O) groups is 1. The van der Waals surface area contributed by atoms with Crippen LogP contribution in [0.1, 0.15) is 71.0 Å². The van der Waals surface area contributed by atoms with Crippen LogP contribution in [0.25, 0.3) is 0 Å². The number of ether oxygens (including phenoxy) is 1. The quantitative estimate of drug-likeness (QED) is 0.517. The zero-order chi connectivity index (χ0) is 26.6. The van der Waals surface area contributed by atoms with Crippen molar-refractivity contribution < 1.29 is 22.7 Å². The van der Waals surface area contributed by atoms with Gasteiger partial charge in [-0.05, 0) is 82.3 Å². The minimum absolute atomic E-state index is 0.0850.